The smallest absolute Gasteiger partial charge is 0.141 e. The number of hydrogen-bond donors (Lipinski definition) is 1. The van der Waals surface area contributed by atoms with Gasteiger partial charge in [0.25, 0.3) is 0 Å². The number of aromatic nitrogens is 1. The Morgan fingerprint density at radius 3 is 2.80 bits per heavy atom. The van der Waals surface area contributed by atoms with E-state index in [0.29, 0.717) is 24.0 Å². The molecular weight excluding hydrogens is 323 g/mol. The molecule has 0 fully saturated rings. The Balaban J connectivity index is 2.11. The van der Waals surface area contributed by atoms with E-state index in [0.717, 1.165) is 22.7 Å². The van der Waals surface area contributed by atoms with Gasteiger partial charge in [-0.15, -0.1) is 0 Å². The van der Waals surface area contributed by atoms with Crippen LogP contribution in [-0.4, -0.2) is 11.5 Å². The van der Waals surface area contributed by atoms with Crippen molar-refractivity contribution in [1.29, 1.82) is 0 Å². The number of halogens is 2. The van der Waals surface area contributed by atoms with Gasteiger partial charge in [0.2, 0.25) is 0 Å². The summed E-state index contributed by atoms with van der Waals surface area (Å²) >= 11 is 3.16. The highest BCUT2D eigenvalue weighted by Crippen LogP contribution is 2.21. The first-order valence-electron chi connectivity index (χ1n) is 6.33. The van der Waals surface area contributed by atoms with Gasteiger partial charge in [-0.1, -0.05) is 6.07 Å². The van der Waals surface area contributed by atoms with E-state index in [1.807, 2.05) is 19.1 Å². The molecule has 0 radical (unpaired) electrons. The zero-order chi connectivity index (χ0) is 14.5. The van der Waals surface area contributed by atoms with E-state index in [1.165, 1.54) is 6.07 Å². The van der Waals surface area contributed by atoms with Gasteiger partial charge < -0.3 is 10.5 Å². The highest BCUT2D eigenvalue weighted by atomic mass is 79.9. The van der Waals surface area contributed by atoms with Crippen molar-refractivity contribution in [2.75, 3.05) is 6.54 Å². The maximum atomic E-state index is 13.2. The summed E-state index contributed by atoms with van der Waals surface area (Å²) in [5.74, 6) is 0.441. The SMILES string of the molecule is Cc1ccc(OCc2ccc(F)c(Br)c2)c(CCN)n1. The van der Waals surface area contributed by atoms with Gasteiger partial charge in [0.1, 0.15) is 18.2 Å². The first kappa shape index (κ1) is 14.9. The summed E-state index contributed by atoms with van der Waals surface area (Å²) in [5.41, 5.74) is 8.26. The van der Waals surface area contributed by atoms with Gasteiger partial charge in [-0.3, -0.25) is 4.98 Å². The van der Waals surface area contributed by atoms with E-state index in [-0.39, 0.29) is 5.82 Å². The fraction of sp³-hybridized carbons (Fsp3) is 0.267. The molecule has 0 unspecified atom stereocenters. The maximum absolute atomic E-state index is 13.2. The van der Waals surface area contributed by atoms with Crippen LogP contribution in [-0.2, 0) is 13.0 Å². The van der Waals surface area contributed by atoms with Gasteiger partial charge in [0.05, 0.1) is 10.2 Å². The van der Waals surface area contributed by atoms with Gasteiger partial charge in [0, 0.05) is 12.1 Å². The molecule has 5 heteroatoms. The minimum absolute atomic E-state index is 0.283. The number of pyridine rings is 1. The summed E-state index contributed by atoms with van der Waals surface area (Å²) in [7, 11) is 0. The van der Waals surface area contributed by atoms with Crippen LogP contribution in [0.4, 0.5) is 4.39 Å². The molecule has 0 spiro atoms. The molecule has 3 nitrogen and oxygen atoms in total. The Morgan fingerprint density at radius 2 is 2.10 bits per heavy atom. The molecule has 106 valence electrons. The first-order valence-corrected chi connectivity index (χ1v) is 7.13. The van der Waals surface area contributed by atoms with Crippen LogP contribution in [0, 0.1) is 12.7 Å². The molecule has 2 N–H and O–H groups in total. The van der Waals surface area contributed by atoms with Crippen LogP contribution >= 0.6 is 15.9 Å². The minimum Gasteiger partial charge on any atom is -0.487 e. The van der Waals surface area contributed by atoms with Crippen LogP contribution in [0.5, 0.6) is 5.75 Å². The van der Waals surface area contributed by atoms with Crippen molar-refractivity contribution in [3.8, 4) is 5.75 Å². The second kappa shape index (κ2) is 6.81. The van der Waals surface area contributed by atoms with Gasteiger partial charge in [-0.25, -0.2) is 4.39 Å². The van der Waals surface area contributed by atoms with Crippen LogP contribution in [0.3, 0.4) is 0 Å². The van der Waals surface area contributed by atoms with Crippen LogP contribution in [0.1, 0.15) is 17.0 Å². The highest BCUT2D eigenvalue weighted by Gasteiger charge is 2.07. The zero-order valence-electron chi connectivity index (χ0n) is 11.2. The van der Waals surface area contributed by atoms with E-state index in [2.05, 4.69) is 20.9 Å². The molecule has 0 bridgehead atoms. The quantitative estimate of drug-likeness (QED) is 0.909. The summed E-state index contributed by atoms with van der Waals surface area (Å²) in [6.07, 6.45) is 0.671. The third-order valence-corrected chi connectivity index (χ3v) is 3.44. The van der Waals surface area contributed by atoms with Gasteiger partial charge in [-0.2, -0.15) is 0 Å². The van der Waals surface area contributed by atoms with E-state index in [9.17, 15) is 4.39 Å². The summed E-state index contributed by atoms with van der Waals surface area (Å²) in [5, 5.41) is 0. The molecule has 2 rings (SSSR count). The lowest BCUT2D eigenvalue weighted by molar-refractivity contribution is 0.301. The topological polar surface area (TPSA) is 48.1 Å². The molecule has 0 aliphatic carbocycles. The van der Waals surface area contributed by atoms with Crippen molar-refractivity contribution in [2.24, 2.45) is 5.73 Å². The van der Waals surface area contributed by atoms with Crippen molar-refractivity contribution >= 4 is 15.9 Å². The number of nitrogens with two attached hydrogens (primary N) is 1. The Kier molecular flexibility index (Phi) is 5.09. The predicted octanol–water partition coefficient (Wildman–Crippen LogP) is 3.37. The second-order valence-corrected chi connectivity index (χ2v) is 5.33. The third kappa shape index (κ3) is 3.77. The van der Waals surface area contributed by atoms with Crippen molar-refractivity contribution in [2.45, 2.75) is 20.0 Å². The molecular formula is C15H16BrFN2O. The third-order valence-electron chi connectivity index (χ3n) is 2.83. The largest absolute Gasteiger partial charge is 0.487 e. The molecule has 0 atom stereocenters. The fourth-order valence-electron chi connectivity index (χ4n) is 1.84. The van der Waals surface area contributed by atoms with E-state index in [1.54, 1.807) is 12.1 Å². The lowest BCUT2D eigenvalue weighted by Gasteiger charge is -2.11. The summed E-state index contributed by atoms with van der Waals surface area (Å²) < 4.78 is 19.4. The average Bonchev–Trinajstić information content (AvgIpc) is 2.42. The number of nitrogens with zero attached hydrogens (tertiary/aromatic N) is 1. The summed E-state index contributed by atoms with van der Waals surface area (Å²) in [4.78, 5) is 4.43. The number of rotatable bonds is 5. The Labute approximate surface area is 126 Å². The van der Waals surface area contributed by atoms with E-state index in [4.69, 9.17) is 10.5 Å². The number of ether oxygens (including phenoxy) is 1. The normalized spacial score (nSPS) is 10.6. The maximum Gasteiger partial charge on any atom is 0.141 e. The molecule has 0 saturated heterocycles. The molecule has 0 aliphatic rings. The van der Waals surface area contributed by atoms with Crippen LogP contribution < -0.4 is 10.5 Å². The standard InChI is InChI=1S/C15H16BrFN2O/c1-10-2-5-15(14(19-10)6-7-18)20-9-11-3-4-13(17)12(16)8-11/h2-5,8H,6-7,9,18H2,1H3. The Hall–Kier alpha value is -1.46. The average molecular weight is 339 g/mol. The van der Waals surface area contributed by atoms with Crippen LogP contribution in [0.25, 0.3) is 0 Å². The summed E-state index contributed by atoms with van der Waals surface area (Å²) in [6, 6.07) is 8.61. The Bertz CT molecular complexity index is 604. The molecule has 20 heavy (non-hydrogen) atoms. The number of aryl methyl sites for hydroxylation is 1. The predicted molar refractivity (Wildman–Crippen MR) is 80.2 cm³/mol. The highest BCUT2D eigenvalue weighted by molar-refractivity contribution is 9.10. The van der Waals surface area contributed by atoms with E-state index >= 15 is 0 Å². The second-order valence-electron chi connectivity index (χ2n) is 4.47. The molecule has 2 aromatic rings. The molecule has 0 amide bonds. The van der Waals surface area contributed by atoms with Crippen molar-refractivity contribution in [3.63, 3.8) is 0 Å². The van der Waals surface area contributed by atoms with Gasteiger partial charge in [0.15, 0.2) is 0 Å². The molecule has 0 saturated carbocycles. The van der Waals surface area contributed by atoms with E-state index < -0.39 is 0 Å². The Morgan fingerprint density at radius 1 is 1.30 bits per heavy atom. The van der Waals surface area contributed by atoms with Crippen molar-refractivity contribution < 1.29 is 9.13 Å². The van der Waals surface area contributed by atoms with Gasteiger partial charge >= 0.3 is 0 Å². The number of benzene rings is 1. The first-order chi connectivity index (χ1) is 9.60. The van der Waals surface area contributed by atoms with Crippen LogP contribution in [0.15, 0.2) is 34.8 Å². The number of hydrogen-bond acceptors (Lipinski definition) is 3. The summed E-state index contributed by atoms with van der Waals surface area (Å²) in [6.45, 7) is 2.82. The lowest BCUT2D eigenvalue weighted by atomic mass is 10.2. The van der Waals surface area contributed by atoms with Crippen molar-refractivity contribution in [1.82, 2.24) is 4.98 Å². The minimum atomic E-state index is -0.283. The van der Waals surface area contributed by atoms with Crippen molar-refractivity contribution in [3.05, 3.63) is 57.6 Å². The lowest BCUT2D eigenvalue weighted by Crippen LogP contribution is -2.08. The monoisotopic (exact) mass is 338 g/mol. The fourth-order valence-corrected chi connectivity index (χ4v) is 2.26. The van der Waals surface area contributed by atoms with Crippen LogP contribution in [0.2, 0.25) is 0 Å². The molecule has 1 aromatic heterocycles. The van der Waals surface area contributed by atoms with Gasteiger partial charge in [-0.05, 0) is 59.2 Å². The molecule has 1 aromatic carbocycles. The molecule has 0 aliphatic heterocycles. The zero-order valence-corrected chi connectivity index (χ0v) is 12.8. The molecule has 1 heterocycles.